The summed E-state index contributed by atoms with van der Waals surface area (Å²) < 4.78 is 4.59. The second kappa shape index (κ2) is 11.2. The van der Waals surface area contributed by atoms with Crippen LogP contribution in [0.25, 0.3) is 99.2 Å². The van der Waals surface area contributed by atoms with Crippen LogP contribution < -0.4 is 0 Å². The Morgan fingerprint density at radius 1 is 0.404 bits per heavy atom. The smallest absolute Gasteiger partial charge is 0.235 e. The molecule has 0 aliphatic rings. The van der Waals surface area contributed by atoms with Crippen molar-refractivity contribution < 1.29 is 0 Å². The van der Waals surface area contributed by atoms with Crippen LogP contribution in [-0.2, 0) is 0 Å². The summed E-state index contributed by atoms with van der Waals surface area (Å²) in [7, 11) is 0. The first kappa shape index (κ1) is 28.8. The van der Waals surface area contributed by atoms with Gasteiger partial charge in [0.1, 0.15) is 0 Å². The lowest BCUT2D eigenvalue weighted by Gasteiger charge is -2.13. The SMILES string of the molecule is c1ccc(-n2ccc3ccc4c(c5ccc6ccccc6c5n4-c4nc(-c5ccc(-c6cccc7ccccc67)cc5)c5ccccc5n4)c32)cc1. The number of aromatic nitrogens is 4. The van der Waals surface area contributed by atoms with Gasteiger partial charge in [0, 0.05) is 44.4 Å². The second-order valence-electron chi connectivity index (χ2n) is 13.4. The van der Waals surface area contributed by atoms with Gasteiger partial charge in [0.2, 0.25) is 5.95 Å². The van der Waals surface area contributed by atoms with Gasteiger partial charge in [-0.05, 0) is 57.6 Å². The fourth-order valence-corrected chi connectivity index (χ4v) is 8.17. The van der Waals surface area contributed by atoms with Crippen LogP contribution in [0.5, 0.6) is 0 Å². The molecule has 0 atom stereocenters. The molecule has 0 aliphatic heterocycles. The molecule has 0 bridgehead atoms. The summed E-state index contributed by atoms with van der Waals surface area (Å²) in [5.41, 5.74) is 9.75. The third-order valence-electron chi connectivity index (χ3n) is 10.6. The zero-order chi connectivity index (χ0) is 34.2. The van der Waals surface area contributed by atoms with Gasteiger partial charge in [-0.25, -0.2) is 9.97 Å². The quantitative estimate of drug-likeness (QED) is 0.188. The van der Waals surface area contributed by atoms with Crippen LogP contribution in [0.4, 0.5) is 0 Å². The molecule has 0 unspecified atom stereocenters. The largest absolute Gasteiger partial charge is 0.316 e. The lowest BCUT2D eigenvalue weighted by molar-refractivity contribution is 1.02. The van der Waals surface area contributed by atoms with E-state index in [1.165, 1.54) is 54.3 Å². The molecule has 0 spiro atoms. The minimum atomic E-state index is 0.653. The standard InChI is InChI=1S/C48H30N4/c1-2-14-36(15-3-1)51-30-29-35-26-28-43-44(46(35)51)41-27-25-32-12-5-7-17-39(32)47(41)52(43)48-49-42-20-9-8-18-40(42)45(50-48)34-23-21-33(22-24-34)38-19-10-13-31-11-4-6-16-37(31)38/h1-30H. The van der Waals surface area contributed by atoms with Gasteiger partial charge in [-0.3, -0.25) is 4.57 Å². The third kappa shape index (κ3) is 4.28. The van der Waals surface area contributed by atoms with E-state index in [2.05, 4.69) is 191 Å². The summed E-state index contributed by atoms with van der Waals surface area (Å²) in [4.78, 5) is 10.8. The molecule has 0 radical (unpaired) electrons. The van der Waals surface area contributed by atoms with Crippen molar-refractivity contribution in [2.24, 2.45) is 0 Å². The number of nitrogens with zero attached hydrogens (tertiary/aromatic N) is 4. The van der Waals surface area contributed by atoms with Crippen LogP contribution in [0.1, 0.15) is 0 Å². The Hall–Kier alpha value is -7.04. The number of para-hydroxylation sites is 2. The Balaban J connectivity index is 1.19. The topological polar surface area (TPSA) is 35.6 Å². The summed E-state index contributed by atoms with van der Waals surface area (Å²) in [6.45, 7) is 0. The molecule has 52 heavy (non-hydrogen) atoms. The second-order valence-corrected chi connectivity index (χ2v) is 13.4. The Kier molecular flexibility index (Phi) is 6.22. The van der Waals surface area contributed by atoms with E-state index in [4.69, 9.17) is 9.97 Å². The predicted octanol–water partition coefficient (Wildman–Crippen LogP) is 12.3. The van der Waals surface area contributed by atoms with Crippen molar-refractivity contribution >= 4 is 65.2 Å². The summed E-state index contributed by atoms with van der Waals surface area (Å²) >= 11 is 0. The zero-order valence-corrected chi connectivity index (χ0v) is 28.1. The average molecular weight is 663 g/mol. The first-order valence-electron chi connectivity index (χ1n) is 17.7. The molecule has 8 aromatic carbocycles. The van der Waals surface area contributed by atoms with Gasteiger partial charge in [-0.2, -0.15) is 0 Å². The van der Waals surface area contributed by atoms with Crippen molar-refractivity contribution in [1.29, 1.82) is 0 Å². The van der Waals surface area contributed by atoms with E-state index in [1.54, 1.807) is 0 Å². The molecule has 4 heteroatoms. The zero-order valence-electron chi connectivity index (χ0n) is 28.1. The molecule has 242 valence electrons. The molecule has 0 saturated carbocycles. The highest BCUT2D eigenvalue weighted by Crippen LogP contribution is 2.41. The molecule has 11 rings (SSSR count). The fraction of sp³-hybridized carbons (Fsp3) is 0. The van der Waals surface area contributed by atoms with Gasteiger partial charge >= 0.3 is 0 Å². The van der Waals surface area contributed by atoms with Crippen LogP contribution >= 0.6 is 0 Å². The maximum absolute atomic E-state index is 5.47. The minimum absolute atomic E-state index is 0.653. The number of fused-ring (bicyclic) bond motifs is 9. The first-order valence-corrected chi connectivity index (χ1v) is 17.7. The molecular formula is C48H30N4. The summed E-state index contributed by atoms with van der Waals surface area (Å²) in [6.07, 6.45) is 2.18. The van der Waals surface area contributed by atoms with Crippen molar-refractivity contribution in [3.63, 3.8) is 0 Å². The van der Waals surface area contributed by atoms with Crippen molar-refractivity contribution in [1.82, 2.24) is 19.1 Å². The van der Waals surface area contributed by atoms with Gasteiger partial charge in [-0.1, -0.05) is 146 Å². The third-order valence-corrected chi connectivity index (χ3v) is 10.6. The van der Waals surface area contributed by atoms with E-state index < -0.39 is 0 Å². The van der Waals surface area contributed by atoms with Gasteiger partial charge in [0.05, 0.1) is 27.8 Å². The van der Waals surface area contributed by atoms with Crippen LogP contribution in [0.3, 0.4) is 0 Å². The Labute approximate surface area is 299 Å². The van der Waals surface area contributed by atoms with E-state index >= 15 is 0 Å². The minimum Gasteiger partial charge on any atom is -0.316 e. The van der Waals surface area contributed by atoms with Gasteiger partial charge in [0.15, 0.2) is 0 Å². The Morgan fingerprint density at radius 2 is 1.08 bits per heavy atom. The van der Waals surface area contributed by atoms with E-state index in [1.807, 2.05) is 0 Å². The van der Waals surface area contributed by atoms with Crippen LogP contribution in [-0.4, -0.2) is 19.1 Å². The lowest BCUT2D eigenvalue weighted by Crippen LogP contribution is -2.04. The normalized spacial score (nSPS) is 11.8. The highest BCUT2D eigenvalue weighted by molar-refractivity contribution is 6.25. The Bertz CT molecular complexity index is 3160. The highest BCUT2D eigenvalue weighted by atomic mass is 15.2. The average Bonchev–Trinajstić information content (AvgIpc) is 3.80. The Morgan fingerprint density at radius 3 is 1.92 bits per heavy atom. The number of benzene rings is 8. The number of hydrogen-bond acceptors (Lipinski definition) is 2. The molecule has 0 fully saturated rings. The highest BCUT2D eigenvalue weighted by Gasteiger charge is 2.22. The molecule has 3 aromatic heterocycles. The maximum atomic E-state index is 5.47. The van der Waals surface area contributed by atoms with Crippen LogP contribution in [0.15, 0.2) is 182 Å². The maximum Gasteiger partial charge on any atom is 0.235 e. The van der Waals surface area contributed by atoms with Gasteiger partial charge in [-0.15, -0.1) is 0 Å². The predicted molar refractivity (Wildman–Crippen MR) is 217 cm³/mol. The monoisotopic (exact) mass is 662 g/mol. The van der Waals surface area contributed by atoms with Crippen molar-refractivity contribution in [2.45, 2.75) is 0 Å². The number of hydrogen-bond donors (Lipinski definition) is 0. The number of rotatable bonds is 4. The fourth-order valence-electron chi connectivity index (χ4n) is 8.17. The molecular weight excluding hydrogens is 633 g/mol. The van der Waals surface area contributed by atoms with Gasteiger partial charge in [0.25, 0.3) is 0 Å². The molecule has 0 saturated heterocycles. The van der Waals surface area contributed by atoms with E-state index in [9.17, 15) is 0 Å². The first-order chi connectivity index (χ1) is 25.8. The van der Waals surface area contributed by atoms with Gasteiger partial charge < -0.3 is 4.57 Å². The van der Waals surface area contributed by atoms with Crippen LogP contribution in [0.2, 0.25) is 0 Å². The molecule has 3 heterocycles. The van der Waals surface area contributed by atoms with Crippen LogP contribution in [0, 0.1) is 0 Å². The van der Waals surface area contributed by atoms with E-state index in [-0.39, 0.29) is 0 Å². The molecule has 11 aromatic rings. The van der Waals surface area contributed by atoms with E-state index in [0.717, 1.165) is 38.9 Å². The molecule has 0 aliphatic carbocycles. The van der Waals surface area contributed by atoms with E-state index in [0.29, 0.717) is 5.95 Å². The lowest BCUT2D eigenvalue weighted by atomic mass is 9.96. The summed E-state index contributed by atoms with van der Waals surface area (Å²) in [6, 6.07) is 62.7. The van der Waals surface area contributed by atoms with Crippen molar-refractivity contribution in [3.05, 3.63) is 182 Å². The molecule has 4 nitrogen and oxygen atoms in total. The van der Waals surface area contributed by atoms with Crippen molar-refractivity contribution in [3.8, 4) is 34.0 Å². The van der Waals surface area contributed by atoms with Crippen molar-refractivity contribution in [2.75, 3.05) is 0 Å². The molecule has 0 N–H and O–H groups in total. The molecule has 0 amide bonds. The summed E-state index contributed by atoms with van der Waals surface area (Å²) in [5.74, 6) is 0.653. The summed E-state index contributed by atoms with van der Waals surface area (Å²) in [5, 5.41) is 9.41.